The Hall–Kier alpha value is -2.70. The summed E-state index contributed by atoms with van der Waals surface area (Å²) >= 11 is 5.94. The van der Waals surface area contributed by atoms with Gasteiger partial charge in [-0.05, 0) is 42.5 Å². The van der Waals surface area contributed by atoms with E-state index in [4.69, 9.17) is 16.3 Å². The highest BCUT2D eigenvalue weighted by atomic mass is 35.5. The van der Waals surface area contributed by atoms with Crippen LogP contribution in [-0.4, -0.2) is 35.9 Å². The lowest BCUT2D eigenvalue weighted by molar-refractivity contribution is 0.0929. The summed E-state index contributed by atoms with van der Waals surface area (Å²) in [5, 5.41) is 7.76. The number of methoxy groups -OCH3 is 1. The third-order valence-corrected chi connectivity index (χ3v) is 4.01. The number of benzene rings is 2. The van der Waals surface area contributed by atoms with Crippen molar-refractivity contribution >= 4 is 17.5 Å². The number of rotatable bonds is 6. The maximum absolute atomic E-state index is 14.1. The van der Waals surface area contributed by atoms with Crippen LogP contribution in [0.2, 0.25) is 5.02 Å². The molecule has 0 radical (unpaired) electrons. The number of ether oxygens (including phenoxy) is 1. The third-order valence-electron chi connectivity index (χ3n) is 3.75. The van der Waals surface area contributed by atoms with Crippen LogP contribution < -0.4 is 5.32 Å². The predicted molar refractivity (Wildman–Crippen MR) is 98.2 cm³/mol. The molecule has 0 unspecified atom stereocenters. The fraction of sp³-hybridized carbons (Fsp3) is 0.158. The summed E-state index contributed by atoms with van der Waals surface area (Å²) in [5.74, 6) is -0.730. The van der Waals surface area contributed by atoms with E-state index in [1.165, 1.54) is 10.7 Å². The second-order valence-corrected chi connectivity index (χ2v) is 5.97. The summed E-state index contributed by atoms with van der Waals surface area (Å²) in [5.41, 5.74) is 1.64. The first kappa shape index (κ1) is 18.1. The van der Waals surface area contributed by atoms with Crippen LogP contribution in [0, 0.1) is 5.82 Å². The van der Waals surface area contributed by atoms with Crippen molar-refractivity contribution in [1.29, 1.82) is 0 Å². The van der Waals surface area contributed by atoms with Crippen molar-refractivity contribution in [3.05, 3.63) is 71.1 Å². The van der Waals surface area contributed by atoms with E-state index in [1.54, 1.807) is 55.6 Å². The second-order valence-electron chi connectivity index (χ2n) is 5.53. The summed E-state index contributed by atoms with van der Waals surface area (Å²) in [6.45, 7) is 0.747. The first-order valence-corrected chi connectivity index (χ1v) is 8.36. The lowest BCUT2D eigenvalue weighted by atomic mass is 10.1. The van der Waals surface area contributed by atoms with Crippen LogP contribution in [0.4, 0.5) is 4.39 Å². The van der Waals surface area contributed by atoms with Gasteiger partial charge in [-0.25, -0.2) is 9.07 Å². The number of hydrogen-bond acceptors (Lipinski definition) is 3. The van der Waals surface area contributed by atoms with Crippen LogP contribution in [0.25, 0.3) is 16.9 Å². The molecule has 1 aromatic heterocycles. The normalized spacial score (nSPS) is 10.7. The molecule has 1 N–H and O–H groups in total. The molecule has 3 rings (SSSR count). The molecule has 0 saturated carbocycles. The van der Waals surface area contributed by atoms with Crippen LogP contribution in [0.15, 0.2) is 54.6 Å². The third kappa shape index (κ3) is 3.92. The van der Waals surface area contributed by atoms with Gasteiger partial charge >= 0.3 is 0 Å². The van der Waals surface area contributed by atoms with Crippen LogP contribution in [-0.2, 0) is 4.74 Å². The number of hydrogen-bond donors (Lipinski definition) is 1. The van der Waals surface area contributed by atoms with Crippen molar-refractivity contribution in [2.75, 3.05) is 20.3 Å². The Morgan fingerprint density at radius 1 is 1.23 bits per heavy atom. The molecule has 0 spiro atoms. The first-order valence-electron chi connectivity index (χ1n) is 7.98. The quantitative estimate of drug-likeness (QED) is 0.670. The number of aromatic nitrogens is 2. The first-order chi connectivity index (χ1) is 12.6. The van der Waals surface area contributed by atoms with Crippen LogP contribution in [0.5, 0.6) is 0 Å². The molecule has 1 amide bonds. The topological polar surface area (TPSA) is 56.1 Å². The van der Waals surface area contributed by atoms with Gasteiger partial charge in [-0.1, -0.05) is 23.7 Å². The summed E-state index contributed by atoms with van der Waals surface area (Å²) in [4.78, 5) is 12.6. The molecule has 26 heavy (non-hydrogen) atoms. The molecule has 0 bridgehead atoms. The van der Waals surface area contributed by atoms with E-state index < -0.39 is 5.82 Å². The van der Waals surface area contributed by atoms with Gasteiger partial charge in [0.2, 0.25) is 0 Å². The van der Waals surface area contributed by atoms with Crippen molar-refractivity contribution in [2.24, 2.45) is 0 Å². The molecule has 0 aliphatic rings. The van der Waals surface area contributed by atoms with E-state index >= 15 is 0 Å². The molecular weight excluding hydrogens is 357 g/mol. The molecule has 0 fully saturated rings. The highest BCUT2D eigenvalue weighted by Gasteiger charge is 2.18. The van der Waals surface area contributed by atoms with E-state index in [0.717, 1.165) is 0 Å². The summed E-state index contributed by atoms with van der Waals surface area (Å²) in [6, 6.07) is 14.8. The molecular formula is C19H17ClFN3O2. The van der Waals surface area contributed by atoms with Crippen molar-refractivity contribution in [2.45, 2.75) is 0 Å². The van der Waals surface area contributed by atoms with Gasteiger partial charge < -0.3 is 10.1 Å². The fourth-order valence-corrected chi connectivity index (χ4v) is 2.61. The predicted octanol–water partition coefficient (Wildman–Crippen LogP) is 3.71. The zero-order chi connectivity index (χ0) is 18.5. The molecule has 0 saturated heterocycles. The minimum atomic E-state index is -0.403. The number of carbonyl (C=O) groups excluding carboxylic acids is 1. The monoisotopic (exact) mass is 373 g/mol. The number of nitrogens with one attached hydrogen (secondary N) is 1. The number of nitrogens with zero attached hydrogens (tertiary/aromatic N) is 2. The van der Waals surface area contributed by atoms with Gasteiger partial charge in [-0.2, -0.15) is 5.10 Å². The molecule has 0 aliphatic heterocycles. The average molecular weight is 374 g/mol. The summed E-state index contributed by atoms with van der Waals surface area (Å²) < 4.78 is 20.6. The highest BCUT2D eigenvalue weighted by molar-refractivity contribution is 6.30. The molecule has 134 valence electrons. The van der Waals surface area contributed by atoms with Gasteiger partial charge in [0.05, 0.1) is 18.0 Å². The van der Waals surface area contributed by atoms with E-state index in [1.807, 2.05) is 0 Å². The Labute approximate surface area is 155 Å². The lowest BCUT2D eigenvalue weighted by Gasteiger charge is -2.08. The smallest absolute Gasteiger partial charge is 0.270 e. The summed E-state index contributed by atoms with van der Waals surface area (Å²) in [6.07, 6.45) is 0. The average Bonchev–Trinajstić information content (AvgIpc) is 3.08. The lowest BCUT2D eigenvalue weighted by Crippen LogP contribution is -2.28. The minimum Gasteiger partial charge on any atom is -0.383 e. The van der Waals surface area contributed by atoms with Gasteiger partial charge in [0, 0.05) is 24.2 Å². The largest absolute Gasteiger partial charge is 0.383 e. The Morgan fingerprint density at radius 2 is 1.96 bits per heavy atom. The van der Waals surface area contributed by atoms with Gasteiger partial charge in [-0.15, -0.1) is 0 Å². The number of carbonyl (C=O) groups is 1. The van der Waals surface area contributed by atoms with E-state index in [0.29, 0.717) is 40.8 Å². The zero-order valence-corrected chi connectivity index (χ0v) is 14.8. The Bertz CT molecular complexity index is 909. The van der Waals surface area contributed by atoms with Crippen LogP contribution in [0.3, 0.4) is 0 Å². The van der Waals surface area contributed by atoms with Gasteiger partial charge in [-0.3, -0.25) is 4.79 Å². The van der Waals surface area contributed by atoms with Crippen molar-refractivity contribution in [3.8, 4) is 16.9 Å². The van der Waals surface area contributed by atoms with Crippen molar-refractivity contribution in [1.82, 2.24) is 15.1 Å². The maximum Gasteiger partial charge on any atom is 0.270 e. The molecule has 5 nitrogen and oxygen atoms in total. The Balaban J connectivity index is 2.04. The van der Waals surface area contributed by atoms with E-state index in [-0.39, 0.29) is 5.91 Å². The van der Waals surface area contributed by atoms with Crippen LogP contribution >= 0.6 is 11.6 Å². The van der Waals surface area contributed by atoms with Crippen molar-refractivity contribution in [3.63, 3.8) is 0 Å². The van der Waals surface area contributed by atoms with Gasteiger partial charge in [0.1, 0.15) is 11.5 Å². The van der Waals surface area contributed by atoms with E-state index in [9.17, 15) is 9.18 Å². The standard InChI is InChI=1S/C19H17ClFN3O2/c1-26-11-10-22-19(25)18-12-17(15-4-2-3-5-16(15)21)23-24(18)14-8-6-13(20)7-9-14/h2-9,12H,10-11H2,1H3,(H,22,25). The molecule has 1 heterocycles. The molecule has 0 aliphatic carbocycles. The zero-order valence-electron chi connectivity index (χ0n) is 14.1. The van der Waals surface area contributed by atoms with E-state index in [2.05, 4.69) is 10.4 Å². The molecule has 0 atom stereocenters. The number of amides is 1. The van der Waals surface area contributed by atoms with Gasteiger partial charge in [0.15, 0.2) is 0 Å². The molecule has 3 aromatic rings. The summed E-state index contributed by atoms with van der Waals surface area (Å²) in [7, 11) is 1.56. The molecule has 7 heteroatoms. The van der Waals surface area contributed by atoms with Gasteiger partial charge in [0.25, 0.3) is 5.91 Å². The molecule has 2 aromatic carbocycles. The van der Waals surface area contributed by atoms with Crippen LogP contribution in [0.1, 0.15) is 10.5 Å². The Morgan fingerprint density at radius 3 is 2.65 bits per heavy atom. The second kappa shape index (κ2) is 8.12. The number of halogens is 2. The highest BCUT2D eigenvalue weighted by Crippen LogP contribution is 2.24. The Kier molecular flexibility index (Phi) is 5.65. The fourth-order valence-electron chi connectivity index (χ4n) is 2.48. The SMILES string of the molecule is COCCNC(=O)c1cc(-c2ccccc2F)nn1-c1ccc(Cl)cc1. The maximum atomic E-state index is 14.1. The minimum absolute atomic E-state index is 0.293. The van der Waals surface area contributed by atoms with Crippen molar-refractivity contribution < 1.29 is 13.9 Å².